The lowest BCUT2D eigenvalue weighted by molar-refractivity contribution is -0.152. The summed E-state index contributed by atoms with van der Waals surface area (Å²) in [6.45, 7) is 17.8. The maximum atomic E-state index is 13.2. The summed E-state index contributed by atoms with van der Waals surface area (Å²) in [5.74, 6) is 3.70. The number of likely N-dealkylation sites (N-methyl/N-ethyl adjacent to an activating group) is 1. The highest BCUT2D eigenvalue weighted by Gasteiger charge is 2.50. The molecular weight excluding hydrogens is 1020 g/mol. The van der Waals surface area contributed by atoms with Gasteiger partial charge in [0, 0.05) is 44.0 Å². The average Bonchev–Trinajstić information content (AvgIpc) is 3.50. The maximum absolute atomic E-state index is 13.2. The van der Waals surface area contributed by atoms with Gasteiger partial charge in [0.1, 0.15) is 18.8 Å². The number of thioether (sulfide) groups is 2. The zero-order chi connectivity index (χ0) is 57.0. The smallest absolute Gasteiger partial charge is 0.325 e. The second-order valence-electron chi connectivity index (χ2n) is 23.7. The van der Waals surface area contributed by atoms with Crippen LogP contribution in [0.15, 0.2) is 60.7 Å². The zero-order valence-corrected chi connectivity index (χ0v) is 54.4. The third kappa shape index (κ3) is 32.4. The molecule has 0 heterocycles. The fraction of sp³-hybridized carbons (Fsp3) is 0.776. The predicted molar refractivity (Wildman–Crippen MR) is 342 cm³/mol. The number of carbonyl (C=O) groups excluding carboxylic acids is 3. The normalized spacial score (nSPS) is 13.2. The molecule has 3 unspecified atom stereocenters. The maximum Gasteiger partial charge on any atom is 0.325 e. The first-order chi connectivity index (χ1) is 37.8. The van der Waals surface area contributed by atoms with E-state index in [1.807, 2.05) is 23.5 Å². The van der Waals surface area contributed by atoms with Crippen LogP contribution >= 0.6 is 23.5 Å². The molecule has 0 aromatic heterocycles. The molecule has 0 N–H and O–H groups in total. The van der Waals surface area contributed by atoms with Crippen molar-refractivity contribution in [1.29, 1.82) is 0 Å². The molecule has 0 spiro atoms. The van der Waals surface area contributed by atoms with Gasteiger partial charge in [0.15, 0.2) is 0 Å². The minimum atomic E-state index is -2.58. The van der Waals surface area contributed by atoms with Gasteiger partial charge in [-0.2, -0.15) is 23.5 Å². The van der Waals surface area contributed by atoms with Crippen LogP contribution in [-0.2, 0) is 28.3 Å². The van der Waals surface area contributed by atoms with Crippen molar-refractivity contribution < 1.29 is 28.3 Å². The van der Waals surface area contributed by atoms with Crippen LogP contribution in [0, 0.1) is 0 Å². The van der Waals surface area contributed by atoms with E-state index in [-0.39, 0.29) is 41.6 Å². The molecule has 0 radical (unpaired) electrons. The van der Waals surface area contributed by atoms with E-state index in [4.69, 9.17) is 13.9 Å². The van der Waals surface area contributed by atoms with Crippen molar-refractivity contribution in [1.82, 2.24) is 9.80 Å². The van der Waals surface area contributed by atoms with Crippen LogP contribution in [0.2, 0.25) is 5.04 Å². The second kappa shape index (κ2) is 46.2. The number of ether oxygens (including phenoxy) is 2. The SMILES string of the molecule is CCCCCCCCCC(=O)OC(CCCCCC(CCCCCC(CSCCCCCC)OC(=O)CN(C)C(=O)CCCCC)N(C)CCCCO[Si](c1ccccc1)(c1ccccc1)C(C)(C)C)CSCCCCCC. The molecule has 0 aliphatic heterocycles. The first-order valence-corrected chi connectivity index (χ1v) is 36.3. The molecule has 3 atom stereocenters. The van der Waals surface area contributed by atoms with Gasteiger partial charge in [-0.1, -0.05) is 225 Å². The molecule has 448 valence electrons. The van der Waals surface area contributed by atoms with Crippen molar-refractivity contribution in [3.05, 3.63) is 60.7 Å². The largest absolute Gasteiger partial charge is 0.461 e. The number of nitrogens with zero attached hydrogens (tertiary/aromatic N) is 2. The van der Waals surface area contributed by atoms with E-state index in [2.05, 4.69) is 121 Å². The summed E-state index contributed by atoms with van der Waals surface area (Å²) in [5, 5.41) is 2.62. The van der Waals surface area contributed by atoms with Crippen LogP contribution in [-0.4, -0.2) is 111 Å². The third-order valence-corrected chi connectivity index (χ3v) is 23.1. The van der Waals surface area contributed by atoms with Gasteiger partial charge in [-0.05, 0) is 118 Å². The van der Waals surface area contributed by atoms with E-state index in [1.54, 1.807) is 11.9 Å². The number of amides is 1. The van der Waals surface area contributed by atoms with Gasteiger partial charge < -0.3 is 23.7 Å². The molecular formula is C67H118N2O6S2Si. The zero-order valence-electron chi connectivity index (χ0n) is 51.7. The lowest BCUT2D eigenvalue weighted by Gasteiger charge is -2.43. The molecule has 2 rings (SSSR count). The highest BCUT2D eigenvalue weighted by molar-refractivity contribution is 7.99. The van der Waals surface area contributed by atoms with E-state index in [0.717, 1.165) is 145 Å². The number of hydrogen-bond donors (Lipinski definition) is 0. The van der Waals surface area contributed by atoms with Crippen LogP contribution < -0.4 is 10.4 Å². The summed E-state index contributed by atoms with van der Waals surface area (Å²) in [7, 11) is 1.49. The minimum absolute atomic E-state index is 0.00158. The van der Waals surface area contributed by atoms with Gasteiger partial charge in [0.25, 0.3) is 8.32 Å². The van der Waals surface area contributed by atoms with Gasteiger partial charge >= 0.3 is 11.9 Å². The van der Waals surface area contributed by atoms with Crippen molar-refractivity contribution >= 4 is 60.1 Å². The lowest BCUT2D eigenvalue weighted by atomic mass is 9.98. The van der Waals surface area contributed by atoms with Crippen LogP contribution in [0.5, 0.6) is 0 Å². The Bertz CT molecular complexity index is 1710. The van der Waals surface area contributed by atoms with Crippen LogP contribution in [0.25, 0.3) is 0 Å². The molecule has 2 aromatic rings. The lowest BCUT2D eigenvalue weighted by Crippen LogP contribution is -2.66. The average molecular weight is 1140 g/mol. The number of hydrogen-bond acceptors (Lipinski definition) is 9. The topological polar surface area (TPSA) is 85.4 Å². The summed E-state index contributed by atoms with van der Waals surface area (Å²) >= 11 is 3.89. The van der Waals surface area contributed by atoms with Crippen molar-refractivity contribution in [2.24, 2.45) is 0 Å². The molecule has 1 amide bonds. The number of unbranched alkanes of at least 4 members (excludes halogenated alkanes) is 19. The predicted octanol–water partition coefficient (Wildman–Crippen LogP) is 17.2. The summed E-state index contributed by atoms with van der Waals surface area (Å²) in [6, 6.07) is 22.5. The molecule has 0 aliphatic carbocycles. The molecule has 8 nitrogen and oxygen atoms in total. The van der Waals surface area contributed by atoms with Gasteiger partial charge in [0.2, 0.25) is 5.91 Å². The minimum Gasteiger partial charge on any atom is -0.461 e. The number of carbonyl (C=O) groups is 3. The quantitative estimate of drug-likeness (QED) is 0.0365. The fourth-order valence-corrected chi connectivity index (χ4v) is 17.6. The van der Waals surface area contributed by atoms with E-state index in [0.29, 0.717) is 18.9 Å². The Morgan fingerprint density at radius 1 is 0.500 bits per heavy atom. The molecule has 2 aromatic carbocycles. The van der Waals surface area contributed by atoms with Gasteiger partial charge in [-0.3, -0.25) is 14.4 Å². The molecule has 0 aliphatic rings. The van der Waals surface area contributed by atoms with Gasteiger partial charge in [-0.15, -0.1) is 0 Å². The van der Waals surface area contributed by atoms with Crippen molar-refractivity contribution in [3.8, 4) is 0 Å². The summed E-state index contributed by atoms with van der Waals surface area (Å²) < 4.78 is 19.7. The number of benzene rings is 2. The standard InChI is InChI=1S/C67H118N2O6S2Si/c1-10-14-18-21-22-23-37-51-65(71)74-60(57-76-54-40-19-15-11-2)44-31-24-29-42-59(68(8)52-38-39-53-73-78(67(5,6)7,62-46-33-26-34-47-62)63-48-35-27-36-49-63)43-30-25-32-45-61(58-77-55-41-20-16-12-3)75-66(72)56-69(9)64(70)50-28-17-13-4/h26-27,33-36,46-49,59-61H,10-25,28-32,37-45,50-58H2,1-9H3. The summed E-state index contributed by atoms with van der Waals surface area (Å²) in [4.78, 5) is 43.2. The van der Waals surface area contributed by atoms with E-state index in [1.165, 1.54) is 93.8 Å². The van der Waals surface area contributed by atoms with Crippen LogP contribution in [0.4, 0.5) is 0 Å². The summed E-state index contributed by atoms with van der Waals surface area (Å²) in [6.07, 6.45) is 35.1. The molecule has 0 bridgehead atoms. The highest BCUT2D eigenvalue weighted by Crippen LogP contribution is 2.37. The first kappa shape index (κ1) is 71.8. The molecule has 11 heteroatoms. The van der Waals surface area contributed by atoms with Gasteiger partial charge in [0.05, 0.1) is 0 Å². The molecule has 0 fully saturated rings. The third-order valence-electron chi connectivity index (χ3n) is 15.6. The Morgan fingerprint density at radius 3 is 1.42 bits per heavy atom. The Balaban J connectivity index is 2.12. The Morgan fingerprint density at radius 2 is 0.923 bits per heavy atom. The first-order valence-electron chi connectivity index (χ1n) is 32.1. The van der Waals surface area contributed by atoms with Gasteiger partial charge in [-0.25, -0.2) is 0 Å². The fourth-order valence-electron chi connectivity index (χ4n) is 10.8. The monoisotopic (exact) mass is 1140 g/mol. The van der Waals surface area contributed by atoms with Crippen molar-refractivity contribution in [3.63, 3.8) is 0 Å². The number of rotatable bonds is 51. The molecule has 0 saturated heterocycles. The van der Waals surface area contributed by atoms with Crippen molar-refractivity contribution in [2.75, 3.05) is 56.8 Å². The second-order valence-corrected chi connectivity index (χ2v) is 30.3. The number of esters is 2. The molecule has 78 heavy (non-hydrogen) atoms. The Labute approximate surface area is 490 Å². The van der Waals surface area contributed by atoms with Crippen LogP contribution in [0.1, 0.15) is 254 Å². The Hall–Kier alpha value is -2.31. The highest BCUT2D eigenvalue weighted by atomic mass is 32.2. The van der Waals surface area contributed by atoms with E-state index in [9.17, 15) is 14.4 Å². The summed E-state index contributed by atoms with van der Waals surface area (Å²) in [5.41, 5.74) is 0. The van der Waals surface area contributed by atoms with Crippen molar-refractivity contribution in [2.45, 2.75) is 277 Å². The van der Waals surface area contributed by atoms with E-state index >= 15 is 0 Å². The molecule has 0 saturated carbocycles. The Kier molecular flexibility index (Phi) is 42.5. The van der Waals surface area contributed by atoms with E-state index < -0.39 is 8.32 Å². The van der Waals surface area contributed by atoms with Crippen LogP contribution in [0.3, 0.4) is 0 Å².